The fourth-order valence-corrected chi connectivity index (χ4v) is 3.66. The van der Waals surface area contributed by atoms with E-state index in [9.17, 15) is 4.79 Å². The standard InChI is InChI=1S/C25H27N3O3/c1-15(2)30-21-8-5-18(6-9-21)25(29)27-14-22-12-20-11-19(7-10-23(20)31-22)24-17(4)26-13-16(3)28-24/h5-11,13,15,22H,12,14H2,1-4H3,(H,27,29)/t22-/m1/s1. The van der Waals surface area contributed by atoms with Gasteiger partial charge in [0.05, 0.1) is 29.7 Å². The lowest BCUT2D eigenvalue weighted by Gasteiger charge is -2.13. The summed E-state index contributed by atoms with van der Waals surface area (Å²) in [5.74, 6) is 1.49. The molecule has 0 bridgehead atoms. The molecule has 6 nitrogen and oxygen atoms in total. The summed E-state index contributed by atoms with van der Waals surface area (Å²) in [5, 5.41) is 2.97. The van der Waals surface area contributed by atoms with Crippen LogP contribution in [0, 0.1) is 13.8 Å². The minimum atomic E-state index is -0.123. The Morgan fingerprint density at radius 3 is 2.71 bits per heavy atom. The smallest absolute Gasteiger partial charge is 0.251 e. The van der Waals surface area contributed by atoms with Crippen LogP contribution in [0.4, 0.5) is 0 Å². The molecule has 0 unspecified atom stereocenters. The second-order valence-corrected chi connectivity index (χ2v) is 8.11. The zero-order chi connectivity index (χ0) is 22.0. The average Bonchev–Trinajstić information content (AvgIpc) is 3.16. The van der Waals surface area contributed by atoms with Crippen molar-refractivity contribution < 1.29 is 14.3 Å². The normalized spacial score (nSPS) is 14.8. The summed E-state index contributed by atoms with van der Waals surface area (Å²) in [6.07, 6.45) is 2.52. The maximum Gasteiger partial charge on any atom is 0.251 e. The molecule has 0 spiro atoms. The molecule has 1 aromatic heterocycles. The van der Waals surface area contributed by atoms with Crippen molar-refractivity contribution in [3.8, 4) is 22.8 Å². The zero-order valence-corrected chi connectivity index (χ0v) is 18.3. The van der Waals surface area contributed by atoms with Gasteiger partial charge < -0.3 is 14.8 Å². The lowest BCUT2D eigenvalue weighted by Crippen LogP contribution is -2.34. The molecule has 0 saturated carbocycles. The number of aromatic nitrogens is 2. The fraction of sp³-hybridized carbons (Fsp3) is 0.320. The van der Waals surface area contributed by atoms with E-state index in [0.717, 1.165) is 46.1 Å². The van der Waals surface area contributed by atoms with Crippen LogP contribution in [0.2, 0.25) is 0 Å². The van der Waals surface area contributed by atoms with Crippen LogP contribution in [0.25, 0.3) is 11.3 Å². The quantitative estimate of drug-likeness (QED) is 0.648. The Labute approximate surface area is 182 Å². The molecule has 4 rings (SSSR count). The van der Waals surface area contributed by atoms with Crippen LogP contribution in [0.15, 0.2) is 48.7 Å². The highest BCUT2D eigenvalue weighted by atomic mass is 16.5. The van der Waals surface area contributed by atoms with Gasteiger partial charge in [0.2, 0.25) is 0 Å². The molecule has 0 fully saturated rings. The Morgan fingerprint density at radius 1 is 1.19 bits per heavy atom. The molecule has 0 aliphatic carbocycles. The van der Waals surface area contributed by atoms with E-state index in [0.29, 0.717) is 12.1 Å². The van der Waals surface area contributed by atoms with Gasteiger partial charge in [0.15, 0.2) is 0 Å². The second kappa shape index (κ2) is 8.76. The molecule has 1 atom stereocenters. The lowest BCUT2D eigenvalue weighted by molar-refractivity contribution is 0.0933. The van der Waals surface area contributed by atoms with Gasteiger partial charge >= 0.3 is 0 Å². The molecule has 1 aliphatic heterocycles. The molecule has 0 saturated heterocycles. The van der Waals surface area contributed by atoms with Gasteiger partial charge in [-0.05, 0) is 75.7 Å². The SMILES string of the molecule is Cc1cnc(C)c(-c2ccc3c(c2)C[C@H](CNC(=O)c2ccc(OC(C)C)cc2)O3)n1. The van der Waals surface area contributed by atoms with Crippen molar-refractivity contribution in [3.63, 3.8) is 0 Å². The van der Waals surface area contributed by atoms with Crippen molar-refractivity contribution in [1.29, 1.82) is 0 Å². The molecular weight excluding hydrogens is 390 g/mol. The van der Waals surface area contributed by atoms with Crippen LogP contribution < -0.4 is 14.8 Å². The first-order valence-electron chi connectivity index (χ1n) is 10.5. The predicted molar refractivity (Wildman–Crippen MR) is 120 cm³/mol. The summed E-state index contributed by atoms with van der Waals surface area (Å²) in [6.45, 7) is 8.29. The van der Waals surface area contributed by atoms with Gasteiger partial charge in [-0.25, -0.2) is 4.98 Å². The maximum absolute atomic E-state index is 12.5. The van der Waals surface area contributed by atoms with Crippen molar-refractivity contribution in [1.82, 2.24) is 15.3 Å². The van der Waals surface area contributed by atoms with E-state index in [2.05, 4.69) is 21.4 Å². The van der Waals surface area contributed by atoms with Crippen molar-refractivity contribution >= 4 is 5.91 Å². The Bertz CT molecular complexity index is 1090. The number of hydrogen-bond acceptors (Lipinski definition) is 5. The van der Waals surface area contributed by atoms with Crippen LogP contribution in [-0.2, 0) is 6.42 Å². The first-order valence-corrected chi connectivity index (χ1v) is 10.5. The second-order valence-electron chi connectivity index (χ2n) is 8.11. The van der Waals surface area contributed by atoms with Crippen LogP contribution in [-0.4, -0.2) is 34.6 Å². The number of nitrogens with one attached hydrogen (secondary N) is 1. The molecule has 0 radical (unpaired) electrons. The summed E-state index contributed by atoms with van der Waals surface area (Å²) in [6, 6.07) is 13.3. The van der Waals surface area contributed by atoms with Gasteiger partial charge in [0, 0.05) is 23.7 Å². The Kier molecular flexibility index (Phi) is 5.89. The monoisotopic (exact) mass is 417 g/mol. The van der Waals surface area contributed by atoms with E-state index in [-0.39, 0.29) is 18.1 Å². The Balaban J connectivity index is 1.37. The third kappa shape index (κ3) is 4.85. The molecule has 2 heterocycles. The van der Waals surface area contributed by atoms with Crippen LogP contribution >= 0.6 is 0 Å². The third-order valence-electron chi connectivity index (χ3n) is 5.13. The van der Waals surface area contributed by atoms with Gasteiger partial charge in [-0.1, -0.05) is 0 Å². The van der Waals surface area contributed by atoms with Crippen LogP contribution in [0.3, 0.4) is 0 Å². The minimum absolute atomic E-state index is 0.0950. The molecule has 1 aliphatic rings. The number of amides is 1. The number of fused-ring (bicyclic) bond motifs is 1. The van der Waals surface area contributed by atoms with Crippen molar-refractivity contribution in [3.05, 3.63) is 71.2 Å². The molecule has 3 aromatic rings. The van der Waals surface area contributed by atoms with Crippen molar-refractivity contribution in [2.24, 2.45) is 0 Å². The summed E-state index contributed by atoms with van der Waals surface area (Å²) in [5.41, 5.74) is 5.44. The van der Waals surface area contributed by atoms with Crippen molar-refractivity contribution in [2.45, 2.75) is 46.3 Å². The summed E-state index contributed by atoms with van der Waals surface area (Å²) in [4.78, 5) is 21.5. The van der Waals surface area contributed by atoms with E-state index in [1.165, 1.54) is 0 Å². The number of hydrogen-bond donors (Lipinski definition) is 1. The van der Waals surface area contributed by atoms with E-state index < -0.39 is 0 Å². The third-order valence-corrected chi connectivity index (χ3v) is 5.13. The number of nitrogens with zero attached hydrogens (tertiary/aromatic N) is 2. The molecule has 31 heavy (non-hydrogen) atoms. The highest BCUT2D eigenvalue weighted by molar-refractivity contribution is 5.94. The minimum Gasteiger partial charge on any atom is -0.491 e. The number of aryl methyl sites for hydroxylation is 2. The van der Waals surface area contributed by atoms with Gasteiger partial charge in [0.25, 0.3) is 5.91 Å². The van der Waals surface area contributed by atoms with E-state index in [4.69, 9.17) is 9.47 Å². The lowest BCUT2D eigenvalue weighted by atomic mass is 10.0. The number of carbonyl (C=O) groups excluding carboxylic acids is 1. The van der Waals surface area contributed by atoms with Crippen molar-refractivity contribution in [2.75, 3.05) is 6.54 Å². The maximum atomic E-state index is 12.5. The summed E-state index contributed by atoms with van der Waals surface area (Å²) < 4.78 is 11.7. The van der Waals surface area contributed by atoms with Gasteiger partial charge in [-0.15, -0.1) is 0 Å². The number of carbonyl (C=O) groups is 1. The highest BCUT2D eigenvalue weighted by Crippen LogP contribution is 2.33. The van der Waals surface area contributed by atoms with Gasteiger partial charge in [-0.2, -0.15) is 0 Å². The predicted octanol–water partition coefficient (Wildman–Crippen LogP) is 4.28. The van der Waals surface area contributed by atoms with E-state index >= 15 is 0 Å². The fourth-order valence-electron chi connectivity index (χ4n) is 3.66. The van der Waals surface area contributed by atoms with Gasteiger partial charge in [0.1, 0.15) is 17.6 Å². The van der Waals surface area contributed by atoms with Gasteiger partial charge in [-0.3, -0.25) is 9.78 Å². The number of rotatable bonds is 6. The molecular formula is C25H27N3O3. The average molecular weight is 418 g/mol. The molecule has 6 heteroatoms. The highest BCUT2D eigenvalue weighted by Gasteiger charge is 2.24. The van der Waals surface area contributed by atoms with E-state index in [1.54, 1.807) is 18.3 Å². The molecule has 160 valence electrons. The zero-order valence-electron chi connectivity index (χ0n) is 18.3. The molecule has 1 N–H and O–H groups in total. The first kappa shape index (κ1) is 20.8. The largest absolute Gasteiger partial charge is 0.491 e. The Morgan fingerprint density at radius 2 is 1.97 bits per heavy atom. The molecule has 2 aromatic carbocycles. The summed E-state index contributed by atoms with van der Waals surface area (Å²) in [7, 11) is 0. The molecule has 1 amide bonds. The topological polar surface area (TPSA) is 73.3 Å². The number of benzene rings is 2. The van der Waals surface area contributed by atoms with Crippen LogP contribution in [0.5, 0.6) is 11.5 Å². The number of ether oxygens (including phenoxy) is 2. The first-order chi connectivity index (χ1) is 14.9. The Hall–Kier alpha value is -3.41. The van der Waals surface area contributed by atoms with Crippen LogP contribution in [0.1, 0.15) is 41.2 Å². The summed E-state index contributed by atoms with van der Waals surface area (Å²) >= 11 is 0. The van der Waals surface area contributed by atoms with E-state index in [1.807, 2.05) is 52.0 Å².